The third-order valence-corrected chi connectivity index (χ3v) is 3.69. The first kappa shape index (κ1) is 12.7. The SMILES string of the molecule is C/C=C\C1OC(=O)c2ccc(-n3c(C)ccc3C)cc21. The highest BCUT2D eigenvalue weighted by atomic mass is 16.5. The Balaban J connectivity index is 2.14. The van der Waals surface area contributed by atoms with Crippen LogP contribution in [-0.4, -0.2) is 10.5 Å². The maximum Gasteiger partial charge on any atom is 0.339 e. The maximum absolute atomic E-state index is 11.8. The molecule has 1 aliphatic heterocycles. The lowest BCUT2D eigenvalue weighted by molar-refractivity contribution is 0.0467. The molecule has 1 atom stereocenters. The molecule has 3 nitrogen and oxygen atoms in total. The molecule has 102 valence electrons. The van der Waals surface area contributed by atoms with Gasteiger partial charge >= 0.3 is 5.97 Å². The molecule has 0 radical (unpaired) electrons. The van der Waals surface area contributed by atoms with Gasteiger partial charge in [0.05, 0.1) is 5.56 Å². The van der Waals surface area contributed by atoms with Crippen molar-refractivity contribution in [3.8, 4) is 5.69 Å². The molecule has 3 heteroatoms. The van der Waals surface area contributed by atoms with Gasteiger partial charge in [0, 0.05) is 22.6 Å². The van der Waals surface area contributed by atoms with Crippen molar-refractivity contribution in [2.75, 3.05) is 0 Å². The number of nitrogens with zero attached hydrogens (tertiary/aromatic N) is 1. The molecule has 1 aromatic heterocycles. The van der Waals surface area contributed by atoms with Gasteiger partial charge in [0.1, 0.15) is 6.10 Å². The number of aromatic nitrogens is 1. The molecule has 20 heavy (non-hydrogen) atoms. The molecule has 0 spiro atoms. The van der Waals surface area contributed by atoms with Gasteiger partial charge in [-0.3, -0.25) is 0 Å². The maximum atomic E-state index is 11.8. The highest BCUT2D eigenvalue weighted by Crippen LogP contribution is 2.33. The fourth-order valence-corrected chi connectivity index (χ4v) is 2.75. The lowest BCUT2D eigenvalue weighted by atomic mass is 10.0. The smallest absolute Gasteiger partial charge is 0.339 e. The summed E-state index contributed by atoms with van der Waals surface area (Å²) in [5, 5.41) is 0. The third kappa shape index (κ3) is 1.86. The number of esters is 1. The highest BCUT2D eigenvalue weighted by molar-refractivity contribution is 5.94. The second kappa shape index (κ2) is 4.67. The first-order valence-corrected chi connectivity index (χ1v) is 6.75. The summed E-state index contributed by atoms with van der Waals surface area (Å²) in [7, 11) is 0. The molecule has 1 unspecified atom stereocenters. The number of fused-ring (bicyclic) bond motifs is 1. The summed E-state index contributed by atoms with van der Waals surface area (Å²) in [4.78, 5) is 11.8. The van der Waals surface area contributed by atoms with E-state index >= 15 is 0 Å². The highest BCUT2D eigenvalue weighted by Gasteiger charge is 2.29. The fourth-order valence-electron chi connectivity index (χ4n) is 2.75. The topological polar surface area (TPSA) is 31.2 Å². The average Bonchev–Trinajstić information content (AvgIpc) is 2.91. The third-order valence-electron chi connectivity index (χ3n) is 3.69. The summed E-state index contributed by atoms with van der Waals surface area (Å²) in [6.45, 7) is 6.08. The Morgan fingerprint density at radius 3 is 2.50 bits per heavy atom. The number of hydrogen-bond donors (Lipinski definition) is 0. The van der Waals surface area contributed by atoms with E-state index in [-0.39, 0.29) is 12.1 Å². The van der Waals surface area contributed by atoms with Crippen molar-refractivity contribution in [3.05, 3.63) is 65.0 Å². The fraction of sp³-hybridized carbons (Fsp3) is 0.235. The van der Waals surface area contributed by atoms with E-state index in [0.717, 1.165) is 11.3 Å². The number of benzene rings is 1. The van der Waals surface area contributed by atoms with E-state index in [4.69, 9.17) is 4.74 Å². The zero-order chi connectivity index (χ0) is 14.3. The van der Waals surface area contributed by atoms with Crippen molar-refractivity contribution in [1.29, 1.82) is 0 Å². The Kier molecular flexibility index (Phi) is 2.97. The van der Waals surface area contributed by atoms with Crippen LogP contribution >= 0.6 is 0 Å². The van der Waals surface area contributed by atoms with E-state index in [1.54, 1.807) is 0 Å². The molecule has 0 amide bonds. The summed E-state index contributed by atoms with van der Waals surface area (Å²) in [6, 6.07) is 10.1. The van der Waals surface area contributed by atoms with Gasteiger partial charge in [0.25, 0.3) is 0 Å². The second-order valence-electron chi connectivity index (χ2n) is 5.07. The van der Waals surface area contributed by atoms with Crippen LogP contribution in [-0.2, 0) is 4.74 Å². The van der Waals surface area contributed by atoms with E-state index in [2.05, 4.69) is 30.5 Å². The van der Waals surface area contributed by atoms with Gasteiger partial charge in [-0.15, -0.1) is 0 Å². The minimum absolute atomic E-state index is 0.240. The van der Waals surface area contributed by atoms with Crippen LogP contribution in [0.1, 0.15) is 40.3 Å². The monoisotopic (exact) mass is 267 g/mol. The van der Waals surface area contributed by atoms with Gasteiger partial charge in [0.15, 0.2) is 0 Å². The molecule has 2 heterocycles. The minimum Gasteiger partial charge on any atom is -0.450 e. The summed E-state index contributed by atoms with van der Waals surface area (Å²) in [6.07, 6.45) is 3.55. The number of ether oxygens (including phenoxy) is 1. The van der Waals surface area contributed by atoms with Crippen LogP contribution in [0.5, 0.6) is 0 Å². The number of aryl methyl sites for hydroxylation is 2. The van der Waals surface area contributed by atoms with Crippen LogP contribution in [0.25, 0.3) is 5.69 Å². The number of carbonyl (C=O) groups excluding carboxylic acids is 1. The van der Waals surface area contributed by atoms with E-state index < -0.39 is 0 Å². The van der Waals surface area contributed by atoms with Gasteiger partial charge in [-0.05, 0) is 57.2 Å². The zero-order valence-electron chi connectivity index (χ0n) is 11.9. The zero-order valence-corrected chi connectivity index (χ0v) is 11.9. The number of rotatable bonds is 2. The van der Waals surface area contributed by atoms with Crippen molar-refractivity contribution in [2.45, 2.75) is 26.9 Å². The van der Waals surface area contributed by atoms with E-state index in [9.17, 15) is 4.79 Å². The van der Waals surface area contributed by atoms with Crippen LogP contribution in [0.15, 0.2) is 42.5 Å². The second-order valence-corrected chi connectivity index (χ2v) is 5.07. The Hall–Kier alpha value is -2.29. The standard InChI is InChI=1S/C17H17NO2/c1-4-5-16-15-10-13(8-9-14(15)17(19)20-16)18-11(2)6-7-12(18)3/h4-10,16H,1-3H3/b5-4-. The predicted octanol–water partition coefficient (Wildman–Crippen LogP) is 3.88. The van der Waals surface area contributed by atoms with Gasteiger partial charge in [-0.2, -0.15) is 0 Å². The molecule has 1 aromatic carbocycles. The molecule has 0 aliphatic carbocycles. The van der Waals surface area contributed by atoms with Crippen molar-refractivity contribution in [2.24, 2.45) is 0 Å². The summed E-state index contributed by atoms with van der Waals surface area (Å²) in [5.74, 6) is -0.240. The van der Waals surface area contributed by atoms with E-state index in [0.29, 0.717) is 5.56 Å². The molecule has 0 saturated heterocycles. The lowest BCUT2D eigenvalue weighted by Crippen LogP contribution is -2.01. The Morgan fingerprint density at radius 1 is 1.15 bits per heavy atom. The van der Waals surface area contributed by atoms with Gasteiger partial charge < -0.3 is 9.30 Å². The quantitative estimate of drug-likeness (QED) is 0.610. The molecule has 0 N–H and O–H groups in total. The molecule has 1 aliphatic rings. The molecule has 0 bridgehead atoms. The van der Waals surface area contributed by atoms with Crippen LogP contribution in [0.2, 0.25) is 0 Å². The summed E-state index contributed by atoms with van der Waals surface area (Å²) in [5.41, 5.74) is 5.03. The average molecular weight is 267 g/mol. The first-order chi connectivity index (χ1) is 9.61. The summed E-state index contributed by atoms with van der Waals surface area (Å²) >= 11 is 0. The largest absolute Gasteiger partial charge is 0.450 e. The Bertz CT molecular complexity index is 690. The Labute approximate surface area is 118 Å². The Morgan fingerprint density at radius 2 is 1.85 bits per heavy atom. The van der Waals surface area contributed by atoms with Crippen molar-refractivity contribution >= 4 is 5.97 Å². The number of allylic oxidation sites excluding steroid dienone is 1. The van der Waals surface area contributed by atoms with E-state index in [1.165, 1.54) is 11.4 Å². The molecule has 0 saturated carbocycles. The van der Waals surface area contributed by atoms with Crippen molar-refractivity contribution in [1.82, 2.24) is 4.57 Å². The van der Waals surface area contributed by atoms with Crippen LogP contribution in [0.3, 0.4) is 0 Å². The predicted molar refractivity (Wildman–Crippen MR) is 78.2 cm³/mol. The van der Waals surface area contributed by atoms with Gasteiger partial charge in [-0.1, -0.05) is 6.08 Å². The molecular formula is C17H17NO2. The van der Waals surface area contributed by atoms with E-state index in [1.807, 2.05) is 37.3 Å². The minimum atomic E-state index is -0.265. The number of hydrogen-bond acceptors (Lipinski definition) is 2. The first-order valence-electron chi connectivity index (χ1n) is 6.75. The lowest BCUT2D eigenvalue weighted by Gasteiger charge is -2.11. The summed E-state index contributed by atoms with van der Waals surface area (Å²) < 4.78 is 7.55. The van der Waals surface area contributed by atoms with Gasteiger partial charge in [0.2, 0.25) is 0 Å². The normalized spacial score (nSPS) is 17.6. The molecule has 3 rings (SSSR count). The van der Waals surface area contributed by atoms with Crippen LogP contribution in [0, 0.1) is 13.8 Å². The number of carbonyl (C=O) groups is 1. The van der Waals surface area contributed by atoms with Crippen molar-refractivity contribution in [3.63, 3.8) is 0 Å². The molecule has 2 aromatic rings. The molecular weight excluding hydrogens is 250 g/mol. The van der Waals surface area contributed by atoms with Crippen LogP contribution in [0.4, 0.5) is 0 Å². The molecule has 0 fully saturated rings. The van der Waals surface area contributed by atoms with Crippen LogP contribution < -0.4 is 0 Å². The van der Waals surface area contributed by atoms with Gasteiger partial charge in [-0.25, -0.2) is 4.79 Å². The number of cyclic esters (lactones) is 1. The van der Waals surface area contributed by atoms with Crippen molar-refractivity contribution < 1.29 is 9.53 Å².